The van der Waals surface area contributed by atoms with Gasteiger partial charge in [0.25, 0.3) is 0 Å². The number of aryl methyl sites for hydroxylation is 2. The molecular weight excluding hydrogens is 456 g/mol. The van der Waals surface area contributed by atoms with E-state index in [9.17, 15) is 4.79 Å². The third-order valence-electron chi connectivity index (χ3n) is 6.82. The molecule has 0 saturated carbocycles. The molecule has 2 heterocycles. The van der Waals surface area contributed by atoms with E-state index >= 15 is 0 Å². The molecule has 1 saturated heterocycles. The lowest BCUT2D eigenvalue weighted by Crippen LogP contribution is -2.15. The van der Waals surface area contributed by atoms with Crippen molar-refractivity contribution in [2.45, 2.75) is 45.3 Å². The number of carbonyl (C=O) groups excluding carboxylic acids is 1. The average Bonchev–Trinajstić information content (AvgIpc) is 3.52. The molecule has 5 rings (SSSR count). The van der Waals surface area contributed by atoms with Crippen LogP contribution in [-0.4, -0.2) is 39.0 Å². The molecule has 2 atom stereocenters. The van der Waals surface area contributed by atoms with E-state index in [-0.39, 0.29) is 18.0 Å². The van der Waals surface area contributed by atoms with E-state index in [1.807, 2.05) is 18.2 Å². The fourth-order valence-electron chi connectivity index (χ4n) is 5.03. The molecular formula is C30H32O6. The molecule has 3 aromatic rings. The zero-order valence-corrected chi connectivity index (χ0v) is 21.0. The van der Waals surface area contributed by atoms with E-state index in [0.717, 1.165) is 47.0 Å². The number of esters is 1. The summed E-state index contributed by atoms with van der Waals surface area (Å²) in [7, 11) is 1.41. The number of methoxy groups -OCH3 is 1. The lowest BCUT2D eigenvalue weighted by molar-refractivity contribution is -0.141. The summed E-state index contributed by atoms with van der Waals surface area (Å²) in [6, 6.07) is 18.5. The average molecular weight is 489 g/mol. The summed E-state index contributed by atoms with van der Waals surface area (Å²) in [5.41, 5.74) is 6.84. The summed E-state index contributed by atoms with van der Waals surface area (Å²) in [5, 5.41) is 0. The third kappa shape index (κ3) is 5.34. The van der Waals surface area contributed by atoms with Crippen LogP contribution in [0.3, 0.4) is 0 Å². The van der Waals surface area contributed by atoms with Crippen LogP contribution in [0.4, 0.5) is 0 Å². The highest BCUT2D eigenvalue weighted by molar-refractivity contribution is 5.72. The molecule has 0 aliphatic carbocycles. The van der Waals surface area contributed by atoms with E-state index in [4.69, 9.17) is 23.7 Å². The Morgan fingerprint density at radius 2 is 1.83 bits per heavy atom. The summed E-state index contributed by atoms with van der Waals surface area (Å²) in [4.78, 5) is 11.6. The van der Waals surface area contributed by atoms with Gasteiger partial charge in [-0.2, -0.15) is 0 Å². The first-order chi connectivity index (χ1) is 17.5. The number of hydrogen-bond donors (Lipinski definition) is 0. The Hall–Kier alpha value is -3.51. The van der Waals surface area contributed by atoms with Crippen molar-refractivity contribution in [1.82, 2.24) is 0 Å². The SMILES string of the molecule is COC(=O)C[C@@H]1COc2cc(OCc3cccc(-c4c(C)cc(O[C@@H]5CCOC5)cc4C)c3)ccc21. The second kappa shape index (κ2) is 10.6. The highest BCUT2D eigenvalue weighted by atomic mass is 16.5. The standard InChI is InChI=1S/C30H32O6/c1-19-11-26(36-25-9-10-33-18-25)12-20(2)30(19)22-6-4-5-21(13-22)16-34-24-7-8-27-23(14-29(31)32-3)17-35-28(27)15-24/h4-8,11-13,15,23,25H,9-10,14,16-18H2,1-3H3/t23-,25-/m1/s1. The maximum atomic E-state index is 11.6. The first-order valence-corrected chi connectivity index (χ1v) is 12.4. The third-order valence-corrected chi connectivity index (χ3v) is 6.82. The monoisotopic (exact) mass is 488 g/mol. The fraction of sp³-hybridized carbons (Fsp3) is 0.367. The van der Waals surface area contributed by atoms with Gasteiger partial charge >= 0.3 is 5.97 Å². The van der Waals surface area contributed by atoms with Crippen LogP contribution in [0.5, 0.6) is 17.2 Å². The van der Waals surface area contributed by atoms with Gasteiger partial charge in [-0.1, -0.05) is 24.3 Å². The van der Waals surface area contributed by atoms with Crippen LogP contribution in [0.2, 0.25) is 0 Å². The zero-order chi connectivity index (χ0) is 25.1. The van der Waals surface area contributed by atoms with Crippen molar-refractivity contribution in [1.29, 1.82) is 0 Å². The van der Waals surface area contributed by atoms with Crippen LogP contribution in [0.25, 0.3) is 11.1 Å². The molecule has 1 fully saturated rings. The Labute approximate surface area is 212 Å². The van der Waals surface area contributed by atoms with Crippen LogP contribution in [-0.2, 0) is 20.9 Å². The number of carbonyl (C=O) groups is 1. The van der Waals surface area contributed by atoms with Crippen molar-refractivity contribution in [2.24, 2.45) is 0 Å². The molecule has 36 heavy (non-hydrogen) atoms. The van der Waals surface area contributed by atoms with Gasteiger partial charge < -0.3 is 23.7 Å². The highest BCUT2D eigenvalue weighted by Crippen LogP contribution is 2.39. The molecule has 0 aromatic heterocycles. The molecule has 0 amide bonds. The van der Waals surface area contributed by atoms with Gasteiger partial charge in [-0.05, 0) is 65.9 Å². The number of rotatable bonds is 8. The molecule has 0 radical (unpaired) electrons. The molecule has 6 nitrogen and oxygen atoms in total. The minimum Gasteiger partial charge on any atom is -0.492 e. The largest absolute Gasteiger partial charge is 0.492 e. The molecule has 0 N–H and O–H groups in total. The molecule has 188 valence electrons. The normalized spacial score (nSPS) is 18.4. The van der Waals surface area contributed by atoms with E-state index in [0.29, 0.717) is 26.2 Å². The topological polar surface area (TPSA) is 63.2 Å². The second-order valence-electron chi connectivity index (χ2n) is 9.51. The molecule has 0 bridgehead atoms. The summed E-state index contributed by atoms with van der Waals surface area (Å²) >= 11 is 0. The Kier molecular flexibility index (Phi) is 7.14. The van der Waals surface area contributed by atoms with Crippen molar-refractivity contribution in [3.63, 3.8) is 0 Å². The van der Waals surface area contributed by atoms with Crippen LogP contribution >= 0.6 is 0 Å². The van der Waals surface area contributed by atoms with Crippen molar-refractivity contribution >= 4 is 5.97 Å². The predicted octanol–water partition coefficient (Wildman–Crippen LogP) is 5.76. The zero-order valence-electron chi connectivity index (χ0n) is 21.0. The molecule has 6 heteroatoms. The van der Waals surface area contributed by atoms with Crippen molar-refractivity contribution in [3.8, 4) is 28.4 Å². The van der Waals surface area contributed by atoms with Gasteiger partial charge in [0.15, 0.2) is 0 Å². The summed E-state index contributed by atoms with van der Waals surface area (Å²) in [5.74, 6) is 2.20. The van der Waals surface area contributed by atoms with Crippen LogP contribution in [0, 0.1) is 13.8 Å². The van der Waals surface area contributed by atoms with Gasteiger partial charge in [-0.25, -0.2) is 0 Å². The van der Waals surface area contributed by atoms with Crippen molar-refractivity contribution in [3.05, 3.63) is 76.9 Å². The smallest absolute Gasteiger partial charge is 0.306 e. The Morgan fingerprint density at radius 1 is 1.00 bits per heavy atom. The Morgan fingerprint density at radius 3 is 2.58 bits per heavy atom. The van der Waals surface area contributed by atoms with E-state index < -0.39 is 0 Å². The first-order valence-electron chi connectivity index (χ1n) is 12.4. The summed E-state index contributed by atoms with van der Waals surface area (Å²) in [6.07, 6.45) is 1.39. The van der Waals surface area contributed by atoms with Gasteiger partial charge in [0.1, 0.15) is 30.0 Å². The molecule has 2 aliphatic rings. The minimum atomic E-state index is -0.229. The van der Waals surface area contributed by atoms with E-state index in [2.05, 4.69) is 50.2 Å². The Bertz CT molecular complexity index is 1220. The Balaban J connectivity index is 1.27. The van der Waals surface area contributed by atoms with Crippen molar-refractivity contribution in [2.75, 3.05) is 26.9 Å². The summed E-state index contributed by atoms with van der Waals surface area (Å²) < 4.78 is 28.3. The highest BCUT2D eigenvalue weighted by Gasteiger charge is 2.27. The molecule has 2 aliphatic heterocycles. The number of fused-ring (bicyclic) bond motifs is 1. The van der Waals surface area contributed by atoms with Gasteiger partial charge in [-0.3, -0.25) is 4.79 Å². The van der Waals surface area contributed by atoms with Gasteiger partial charge in [0.2, 0.25) is 0 Å². The predicted molar refractivity (Wildman–Crippen MR) is 137 cm³/mol. The first kappa shape index (κ1) is 24.2. The van der Waals surface area contributed by atoms with Gasteiger partial charge in [-0.15, -0.1) is 0 Å². The van der Waals surface area contributed by atoms with E-state index in [1.165, 1.54) is 23.8 Å². The fourth-order valence-corrected chi connectivity index (χ4v) is 5.03. The molecule has 3 aromatic carbocycles. The second-order valence-corrected chi connectivity index (χ2v) is 9.51. The quantitative estimate of drug-likeness (QED) is 0.376. The van der Waals surface area contributed by atoms with E-state index in [1.54, 1.807) is 0 Å². The number of hydrogen-bond acceptors (Lipinski definition) is 6. The number of ether oxygens (including phenoxy) is 5. The lowest BCUT2D eigenvalue weighted by atomic mass is 9.94. The van der Waals surface area contributed by atoms with Crippen LogP contribution < -0.4 is 14.2 Å². The maximum absolute atomic E-state index is 11.6. The molecule has 0 spiro atoms. The van der Waals surface area contributed by atoms with Crippen LogP contribution in [0.1, 0.15) is 41.0 Å². The summed E-state index contributed by atoms with van der Waals surface area (Å²) in [6.45, 7) is 6.60. The van der Waals surface area contributed by atoms with Crippen molar-refractivity contribution < 1.29 is 28.5 Å². The lowest BCUT2D eigenvalue weighted by Gasteiger charge is -2.17. The number of benzene rings is 3. The van der Waals surface area contributed by atoms with Gasteiger partial charge in [0, 0.05) is 24.0 Å². The maximum Gasteiger partial charge on any atom is 0.306 e. The van der Waals surface area contributed by atoms with Crippen LogP contribution in [0.15, 0.2) is 54.6 Å². The molecule has 0 unspecified atom stereocenters. The minimum absolute atomic E-state index is 0.0212. The van der Waals surface area contributed by atoms with Gasteiger partial charge in [0.05, 0.1) is 33.4 Å².